The molecule has 10 heteroatoms. The van der Waals surface area contributed by atoms with Gasteiger partial charge in [-0.15, -0.1) is 0 Å². The topological polar surface area (TPSA) is 108 Å². The number of hydrogen-bond donors (Lipinski definition) is 0. The van der Waals surface area contributed by atoms with Gasteiger partial charge in [0.15, 0.2) is 26.7 Å². The third-order valence-corrected chi connectivity index (χ3v) is 4.81. The summed E-state index contributed by atoms with van der Waals surface area (Å²) < 4.78 is 43.6. The number of aldehydes is 1. The Balaban J connectivity index is 2.19. The molecule has 10 nitrogen and oxygen atoms in total. The molecule has 0 bridgehead atoms. The van der Waals surface area contributed by atoms with E-state index in [2.05, 4.69) is 0 Å². The van der Waals surface area contributed by atoms with Gasteiger partial charge in [-0.1, -0.05) is 12.1 Å². The van der Waals surface area contributed by atoms with E-state index in [-0.39, 0.29) is 54.3 Å². The molecule has 0 aliphatic carbocycles. The first-order valence-electron chi connectivity index (χ1n) is 10.5. The Hall–Kier alpha value is -3.02. The van der Waals surface area contributed by atoms with Crippen LogP contribution in [0.5, 0.6) is 17.2 Å². The minimum absolute atomic E-state index is 0.0604. The van der Waals surface area contributed by atoms with Crippen molar-refractivity contribution in [2.75, 3.05) is 54.9 Å². The van der Waals surface area contributed by atoms with Crippen molar-refractivity contribution in [1.82, 2.24) is 0 Å². The highest BCUT2D eigenvalue weighted by Crippen LogP contribution is 2.39. The van der Waals surface area contributed by atoms with E-state index in [4.69, 9.17) is 37.9 Å². The maximum absolute atomic E-state index is 14.1. The molecule has 0 aromatic heterocycles. The Morgan fingerprint density at radius 2 is 1.44 bits per heavy atom. The normalized spacial score (nSPS) is 14.0. The van der Waals surface area contributed by atoms with Gasteiger partial charge < -0.3 is 37.9 Å². The van der Waals surface area contributed by atoms with Gasteiger partial charge in [0.1, 0.15) is 29.1 Å². The molecule has 0 N–H and O–H groups in total. The van der Waals surface area contributed by atoms with Crippen molar-refractivity contribution in [3.05, 3.63) is 52.6 Å². The minimum Gasteiger partial charge on any atom is -0.467 e. The van der Waals surface area contributed by atoms with Crippen LogP contribution < -0.4 is 14.2 Å². The lowest BCUT2D eigenvalue weighted by Gasteiger charge is -2.26. The van der Waals surface area contributed by atoms with Crippen molar-refractivity contribution < 1.29 is 47.5 Å². The first kappa shape index (κ1) is 25.6. The Morgan fingerprint density at radius 1 is 0.882 bits per heavy atom. The van der Waals surface area contributed by atoms with Crippen LogP contribution in [0.2, 0.25) is 0 Å². The molecule has 0 radical (unpaired) electrons. The molecule has 0 spiro atoms. The highest BCUT2D eigenvalue weighted by atomic mass is 16.7. The predicted octanol–water partition coefficient (Wildman–Crippen LogP) is 3.11. The molecular formula is C24H28O10. The number of methoxy groups -OCH3 is 3. The number of ketones is 1. The summed E-state index contributed by atoms with van der Waals surface area (Å²) in [4.78, 5) is 25.6. The monoisotopic (exact) mass is 476 g/mol. The maximum atomic E-state index is 14.1. The number of hydrogen-bond acceptors (Lipinski definition) is 10. The number of carbonyl (C=O) groups excluding carboxylic acids is 2. The minimum atomic E-state index is -0.764. The molecule has 0 atom stereocenters. The van der Waals surface area contributed by atoms with Crippen molar-refractivity contribution in [2.45, 2.75) is 12.7 Å². The summed E-state index contributed by atoms with van der Waals surface area (Å²) in [6.45, 7) is 0.575. The van der Waals surface area contributed by atoms with Gasteiger partial charge in [0, 0.05) is 32.5 Å². The van der Waals surface area contributed by atoms with Crippen LogP contribution in [-0.2, 0) is 23.7 Å². The van der Waals surface area contributed by atoms with Crippen molar-refractivity contribution >= 4 is 12.1 Å². The fourth-order valence-electron chi connectivity index (χ4n) is 3.40. The van der Waals surface area contributed by atoms with Gasteiger partial charge in [-0.05, 0) is 24.6 Å². The van der Waals surface area contributed by atoms with Gasteiger partial charge in [0.25, 0.3) is 0 Å². The summed E-state index contributed by atoms with van der Waals surface area (Å²) in [6, 6.07) is 7.98. The van der Waals surface area contributed by atoms with E-state index in [1.54, 1.807) is 18.2 Å². The molecule has 2 aromatic carbocycles. The van der Waals surface area contributed by atoms with E-state index in [1.165, 1.54) is 33.5 Å². The summed E-state index contributed by atoms with van der Waals surface area (Å²) in [6.07, 6.45) is 0.606. The number of carbonyl (C=O) groups is 2. The first-order valence-corrected chi connectivity index (χ1v) is 10.5. The van der Waals surface area contributed by atoms with Crippen molar-refractivity contribution in [2.24, 2.45) is 0 Å². The van der Waals surface area contributed by atoms with Crippen LogP contribution in [0.25, 0.3) is 0 Å². The molecule has 34 heavy (non-hydrogen) atoms. The van der Waals surface area contributed by atoms with Crippen molar-refractivity contribution in [3.8, 4) is 17.2 Å². The molecule has 0 amide bonds. The van der Waals surface area contributed by atoms with Gasteiger partial charge in [0.05, 0.1) is 18.8 Å². The molecule has 184 valence electrons. The van der Waals surface area contributed by atoms with Crippen LogP contribution >= 0.6 is 0 Å². The van der Waals surface area contributed by atoms with E-state index in [9.17, 15) is 9.59 Å². The van der Waals surface area contributed by atoms with Gasteiger partial charge >= 0.3 is 0 Å². The van der Waals surface area contributed by atoms with Gasteiger partial charge in [0.2, 0.25) is 5.78 Å². The molecule has 1 aliphatic rings. The largest absolute Gasteiger partial charge is 0.467 e. The summed E-state index contributed by atoms with van der Waals surface area (Å²) in [7, 11) is 4.36. The average Bonchev–Trinajstić information content (AvgIpc) is 2.88. The van der Waals surface area contributed by atoms with Gasteiger partial charge in [-0.2, -0.15) is 0 Å². The summed E-state index contributed by atoms with van der Waals surface area (Å²) in [5.41, 5.74) is 0.977. The maximum Gasteiger partial charge on any atom is 0.204 e. The fraction of sp³-hybridized carbons (Fsp3) is 0.417. The summed E-state index contributed by atoms with van der Waals surface area (Å²) in [5.74, 6) is -0.0350. The summed E-state index contributed by atoms with van der Waals surface area (Å²) >= 11 is 0. The number of rotatable bonds is 13. The van der Waals surface area contributed by atoms with Crippen molar-refractivity contribution in [1.29, 1.82) is 0 Å². The van der Waals surface area contributed by atoms with Crippen LogP contribution in [0.3, 0.4) is 0 Å². The van der Waals surface area contributed by atoms with E-state index in [1.807, 2.05) is 0 Å². The Kier molecular flexibility index (Phi) is 9.80. The van der Waals surface area contributed by atoms with Gasteiger partial charge in [-0.25, -0.2) is 0 Å². The molecule has 2 aromatic rings. The molecule has 1 aliphatic heterocycles. The molecule has 0 saturated carbocycles. The summed E-state index contributed by atoms with van der Waals surface area (Å²) in [5, 5.41) is 0. The molecule has 0 unspecified atom stereocenters. The zero-order valence-corrected chi connectivity index (χ0v) is 19.4. The third-order valence-electron chi connectivity index (χ3n) is 4.81. The van der Waals surface area contributed by atoms with Crippen LogP contribution in [-0.4, -0.2) is 67.0 Å². The highest BCUT2D eigenvalue weighted by Gasteiger charge is 2.31. The molecule has 1 heterocycles. The second kappa shape index (κ2) is 13.0. The quantitative estimate of drug-likeness (QED) is 0.243. The predicted molar refractivity (Wildman–Crippen MR) is 118 cm³/mol. The number of benzene rings is 2. The van der Waals surface area contributed by atoms with Crippen molar-refractivity contribution in [3.63, 3.8) is 0 Å². The smallest absolute Gasteiger partial charge is 0.204 e. The lowest BCUT2D eigenvalue weighted by atomic mass is 9.94. The second-order valence-corrected chi connectivity index (χ2v) is 7.14. The lowest BCUT2D eigenvalue weighted by Crippen LogP contribution is -2.22. The van der Waals surface area contributed by atoms with E-state index < -0.39 is 12.1 Å². The second-order valence-electron chi connectivity index (χ2n) is 7.14. The average molecular weight is 476 g/mol. The molecule has 3 rings (SSSR count). The van der Waals surface area contributed by atoms with Gasteiger partial charge in [-0.3, -0.25) is 9.59 Å². The van der Waals surface area contributed by atoms with Crippen LogP contribution in [0.1, 0.15) is 44.6 Å². The molecular weight excluding hydrogens is 448 g/mol. The highest BCUT2D eigenvalue weighted by molar-refractivity contribution is 6.15. The molecule has 1 saturated heterocycles. The van der Waals surface area contributed by atoms with Crippen LogP contribution in [0, 0.1) is 0 Å². The Bertz CT molecular complexity index is 939. The number of ether oxygens (including phenoxy) is 8. The third kappa shape index (κ3) is 6.10. The Labute approximate surface area is 197 Å². The molecule has 1 fully saturated rings. The van der Waals surface area contributed by atoms with E-state index in [0.29, 0.717) is 25.1 Å². The first-order chi connectivity index (χ1) is 16.6. The Morgan fingerprint density at radius 3 is 1.97 bits per heavy atom. The lowest BCUT2D eigenvalue weighted by molar-refractivity contribution is -0.183. The fourth-order valence-corrected chi connectivity index (χ4v) is 3.40. The van der Waals surface area contributed by atoms with Crippen LogP contribution in [0.4, 0.5) is 0 Å². The van der Waals surface area contributed by atoms with E-state index in [0.717, 1.165) is 6.42 Å². The van der Waals surface area contributed by atoms with Crippen LogP contribution in [0.15, 0.2) is 30.3 Å². The zero-order chi connectivity index (χ0) is 24.3. The van der Waals surface area contributed by atoms with E-state index >= 15 is 0 Å². The SMILES string of the molecule is COCOc1cc(C=O)cc(OCOC)c1C(=O)c1c(OCOC)cccc1C1OCCCO1. The zero-order valence-electron chi connectivity index (χ0n) is 19.4. The standard InChI is InChI=1S/C24H28O10/c1-27-13-32-18-7-4-6-17(24-30-8-5-9-31-24)21(18)23(26)22-19(33-14-28-2)10-16(12-25)11-20(22)34-15-29-3/h4,6-7,10-12,24H,5,8-9,13-15H2,1-3H3.